The zero-order valence-electron chi connectivity index (χ0n) is 13.4. The van der Waals surface area contributed by atoms with E-state index in [2.05, 4.69) is 27.1 Å². The molecule has 1 aromatic heterocycles. The van der Waals surface area contributed by atoms with E-state index in [1.807, 2.05) is 18.7 Å². The van der Waals surface area contributed by atoms with Crippen LogP contribution < -0.4 is 11.0 Å². The first-order valence-corrected chi connectivity index (χ1v) is 9.00. The van der Waals surface area contributed by atoms with Gasteiger partial charge in [0.05, 0.1) is 17.1 Å². The summed E-state index contributed by atoms with van der Waals surface area (Å²) in [6, 6.07) is 5.21. The van der Waals surface area contributed by atoms with Crippen LogP contribution in [0.15, 0.2) is 23.0 Å². The summed E-state index contributed by atoms with van der Waals surface area (Å²) in [4.78, 5) is 31.4. The van der Waals surface area contributed by atoms with Crippen LogP contribution in [0, 0.1) is 0 Å². The van der Waals surface area contributed by atoms with E-state index in [1.165, 1.54) is 0 Å². The minimum absolute atomic E-state index is 0.0102. The van der Waals surface area contributed by atoms with Crippen molar-refractivity contribution in [2.45, 2.75) is 31.6 Å². The van der Waals surface area contributed by atoms with E-state index in [9.17, 15) is 9.59 Å². The predicted molar refractivity (Wildman–Crippen MR) is 95.1 cm³/mol. The maximum Gasteiger partial charge on any atom is 0.323 e. The van der Waals surface area contributed by atoms with Gasteiger partial charge in [-0.15, -0.1) is 0 Å². The first kappa shape index (κ1) is 16.1. The zero-order chi connectivity index (χ0) is 16.4. The zero-order valence-corrected chi connectivity index (χ0v) is 14.2. The van der Waals surface area contributed by atoms with Gasteiger partial charge in [0.15, 0.2) is 0 Å². The molecular weight excluding hydrogens is 312 g/mol. The molecule has 0 radical (unpaired) electrons. The monoisotopic (exact) mass is 334 g/mol. The molecule has 0 spiro atoms. The summed E-state index contributed by atoms with van der Waals surface area (Å²) in [6.45, 7) is 6.05. The normalized spacial score (nSPS) is 20.5. The standard InChI is InChI=1S/C16H22N4O2S/c1-3-12-9-20(6-7-23-12)10(2)15(21)17-11-4-5-13-14(8-11)19-16(22)18-13/h4-5,8,10,12H,3,6-7,9H2,1-2H3,(H,17,21)(H2,18,19,22)/t10-,12-/m0/s1. The van der Waals surface area contributed by atoms with Crippen molar-refractivity contribution in [3.63, 3.8) is 0 Å². The molecule has 1 amide bonds. The van der Waals surface area contributed by atoms with Gasteiger partial charge < -0.3 is 15.3 Å². The summed E-state index contributed by atoms with van der Waals surface area (Å²) in [5, 5.41) is 3.56. The summed E-state index contributed by atoms with van der Waals surface area (Å²) >= 11 is 1.99. The summed E-state index contributed by atoms with van der Waals surface area (Å²) < 4.78 is 0. The molecule has 1 aromatic carbocycles. The molecule has 1 aliphatic heterocycles. The minimum atomic E-state index is -0.242. The lowest BCUT2D eigenvalue weighted by Gasteiger charge is -2.35. The molecule has 1 aliphatic rings. The summed E-state index contributed by atoms with van der Waals surface area (Å²) in [6.07, 6.45) is 1.13. The van der Waals surface area contributed by atoms with Gasteiger partial charge in [0.2, 0.25) is 5.91 Å². The number of H-pyrrole nitrogens is 2. The molecule has 3 N–H and O–H groups in total. The minimum Gasteiger partial charge on any atom is -0.325 e. The maximum atomic E-state index is 12.5. The molecule has 0 unspecified atom stereocenters. The first-order valence-electron chi connectivity index (χ1n) is 7.95. The van der Waals surface area contributed by atoms with E-state index in [0.717, 1.165) is 30.8 Å². The summed E-state index contributed by atoms with van der Waals surface area (Å²) in [5.41, 5.74) is 1.89. The summed E-state index contributed by atoms with van der Waals surface area (Å²) in [7, 11) is 0. The van der Waals surface area contributed by atoms with Gasteiger partial charge in [-0.2, -0.15) is 11.8 Å². The van der Waals surface area contributed by atoms with Gasteiger partial charge in [-0.05, 0) is 31.5 Å². The third-order valence-electron chi connectivity index (χ3n) is 4.34. The van der Waals surface area contributed by atoms with E-state index >= 15 is 0 Å². The second kappa shape index (κ2) is 6.80. The molecule has 2 atom stereocenters. The molecule has 2 heterocycles. The SMILES string of the molecule is CC[C@H]1CN([C@@H](C)C(=O)Nc2ccc3[nH]c(=O)[nH]c3c2)CCS1. The number of imidazole rings is 1. The third-order valence-corrected chi connectivity index (χ3v) is 5.71. The Kier molecular flexibility index (Phi) is 4.77. The Balaban J connectivity index is 1.68. The molecule has 0 bridgehead atoms. The molecule has 1 saturated heterocycles. The number of carbonyl (C=O) groups excluding carboxylic acids is 1. The van der Waals surface area contributed by atoms with Crippen LogP contribution in [0.1, 0.15) is 20.3 Å². The van der Waals surface area contributed by atoms with Crippen LogP contribution in [-0.4, -0.2) is 50.9 Å². The number of anilines is 1. The van der Waals surface area contributed by atoms with Crippen molar-refractivity contribution in [3.05, 3.63) is 28.7 Å². The Bertz CT molecular complexity index is 754. The fourth-order valence-corrected chi connectivity index (χ4v) is 4.07. The fourth-order valence-electron chi connectivity index (χ4n) is 2.86. The van der Waals surface area contributed by atoms with Gasteiger partial charge in [-0.3, -0.25) is 9.69 Å². The lowest BCUT2D eigenvalue weighted by Crippen LogP contribution is -2.48. The first-order chi connectivity index (χ1) is 11.1. The summed E-state index contributed by atoms with van der Waals surface area (Å²) in [5.74, 6) is 1.07. The molecule has 0 saturated carbocycles. The number of nitrogens with one attached hydrogen (secondary N) is 3. The van der Waals surface area contributed by atoms with E-state index in [1.54, 1.807) is 18.2 Å². The van der Waals surface area contributed by atoms with Crippen molar-refractivity contribution in [3.8, 4) is 0 Å². The highest BCUT2D eigenvalue weighted by Gasteiger charge is 2.27. The fraction of sp³-hybridized carbons (Fsp3) is 0.500. The molecule has 3 rings (SSSR count). The quantitative estimate of drug-likeness (QED) is 0.799. The molecule has 23 heavy (non-hydrogen) atoms. The van der Waals surface area contributed by atoms with E-state index in [0.29, 0.717) is 16.5 Å². The maximum absolute atomic E-state index is 12.5. The van der Waals surface area contributed by atoms with E-state index in [-0.39, 0.29) is 17.6 Å². The Morgan fingerprint density at radius 3 is 3.00 bits per heavy atom. The van der Waals surface area contributed by atoms with Gasteiger partial charge >= 0.3 is 5.69 Å². The van der Waals surface area contributed by atoms with E-state index in [4.69, 9.17) is 0 Å². The molecule has 1 fully saturated rings. The molecule has 2 aromatic rings. The average Bonchev–Trinajstić information content (AvgIpc) is 2.93. The van der Waals surface area contributed by atoms with Gasteiger partial charge in [-0.1, -0.05) is 6.92 Å². The van der Waals surface area contributed by atoms with Gasteiger partial charge in [0.25, 0.3) is 0 Å². The smallest absolute Gasteiger partial charge is 0.323 e. The number of thioether (sulfide) groups is 1. The molecule has 124 valence electrons. The number of hydrogen-bond acceptors (Lipinski definition) is 4. The number of hydrogen-bond donors (Lipinski definition) is 3. The van der Waals surface area contributed by atoms with Crippen molar-refractivity contribution >= 4 is 34.4 Å². The van der Waals surface area contributed by atoms with Gasteiger partial charge in [-0.25, -0.2) is 4.79 Å². The lowest BCUT2D eigenvalue weighted by atomic mass is 10.2. The number of aromatic nitrogens is 2. The van der Waals surface area contributed by atoms with Crippen LogP contribution in [0.2, 0.25) is 0 Å². The Morgan fingerprint density at radius 2 is 2.22 bits per heavy atom. The van der Waals surface area contributed by atoms with Gasteiger partial charge in [0, 0.05) is 29.8 Å². The number of benzene rings is 1. The van der Waals surface area contributed by atoms with E-state index < -0.39 is 0 Å². The Labute approximate surface area is 139 Å². The average molecular weight is 334 g/mol. The second-order valence-electron chi connectivity index (χ2n) is 5.90. The Morgan fingerprint density at radius 1 is 1.43 bits per heavy atom. The predicted octanol–water partition coefficient (Wildman–Crippen LogP) is 2.01. The number of amides is 1. The van der Waals surface area contributed by atoms with Crippen molar-refractivity contribution < 1.29 is 4.79 Å². The molecule has 7 heteroatoms. The topological polar surface area (TPSA) is 81.0 Å². The van der Waals surface area contributed by atoms with Crippen LogP contribution >= 0.6 is 11.8 Å². The van der Waals surface area contributed by atoms with Crippen LogP contribution in [0.4, 0.5) is 5.69 Å². The molecule has 6 nitrogen and oxygen atoms in total. The second-order valence-corrected chi connectivity index (χ2v) is 7.31. The number of fused-ring (bicyclic) bond motifs is 1. The highest BCUT2D eigenvalue weighted by atomic mass is 32.2. The van der Waals surface area contributed by atoms with Crippen molar-refractivity contribution in [1.29, 1.82) is 0 Å². The molecular formula is C16H22N4O2S. The van der Waals surface area contributed by atoms with Crippen molar-refractivity contribution in [2.75, 3.05) is 24.2 Å². The number of aromatic amines is 2. The van der Waals surface area contributed by atoms with Gasteiger partial charge in [0.1, 0.15) is 0 Å². The van der Waals surface area contributed by atoms with Crippen LogP contribution in [-0.2, 0) is 4.79 Å². The number of rotatable bonds is 4. The van der Waals surface area contributed by atoms with Crippen molar-refractivity contribution in [2.24, 2.45) is 0 Å². The largest absolute Gasteiger partial charge is 0.325 e. The Hall–Kier alpha value is -1.73. The van der Waals surface area contributed by atoms with Crippen LogP contribution in [0.3, 0.4) is 0 Å². The number of carbonyl (C=O) groups is 1. The third kappa shape index (κ3) is 3.61. The number of nitrogens with zero attached hydrogens (tertiary/aromatic N) is 1. The highest BCUT2D eigenvalue weighted by Crippen LogP contribution is 2.23. The van der Waals surface area contributed by atoms with Crippen LogP contribution in [0.25, 0.3) is 11.0 Å². The molecule has 0 aliphatic carbocycles. The van der Waals surface area contributed by atoms with Crippen LogP contribution in [0.5, 0.6) is 0 Å². The highest BCUT2D eigenvalue weighted by molar-refractivity contribution is 8.00. The van der Waals surface area contributed by atoms with Crippen molar-refractivity contribution in [1.82, 2.24) is 14.9 Å². The lowest BCUT2D eigenvalue weighted by molar-refractivity contribution is -0.120.